The van der Waals surface area contributed by atoms with Gasteiger partial charge in [-0.2, -0.15) is 13.2 Å². The second-order valence-corrected chi connectivity index (χ2v) is 4.22. The first-order valence-electron chi connectivity index (χ1n) is 5.84. The van der Waals surface area contributed by atoms with Gasteiger partial charge in [-0.1, -0.05) is 18.2 Å². The van der Waals surface area contributed by atoms with Crippen LogP contribution in [-0.2, 0) is 6.18 Å². The van der Waals surface area contributed by atoms with E-state index in [1.807, 2.05) is 0 Å². The Labute approximate surface area is 117 Å². The zero-order valence-electron chi connectivity index (χ0n) is 10.8. The fourth-order valence-corrected chi connectivity index (χ4v) is 1.69. The Morgan fingerprint density at radius 2 is 1.86 bits per heavy atom. The van der Waals surface area contributed by atoms with Crippen molar-refractivity contribution in [3.8, 4) is 11.6 Å². The summed E-state index contributed by atoms with van der Waals surface area (Å²) >= 11 is 0. The first kappa shape index (κ1) is 14.8. The molecule has 0 aliphatic rings. The standard InChI is InChI=1S/C14H10F3NO3/c1-8-4-2-5-9(13(19)20)12(8)21-11-7-3-6-10(18-11)14(15,16)17/h2-7H,1H3,(H,19,20). The maximum Gasteiger partial charge on any atom is 0.433 e. The molecule has 7 heteroatoms. The van der Waals surface area contributed by atoms with E-state index in [2.05, 4.69) is 4.98 Å². The van der Waals surface area contributed by atoms with E-state index in [4.69, 9.17) is 9.84 Å². The number of carboxylic acid groups (broad SMARTS) is 1. The van der Waals surface area contributed by atoms with Crippen LogP contribution in [0.15, 0.2) is 36.4 Å². The van der Waals surface area contributed by atoms with E-state index < -0.39 is 17.8 Å². The number of halogens is 3. The minimum absolute atomic E-state index is 0.0307. The van der Waals surface area contributed by atoms with Gasteiger partial charge in [0.25, 0.3) is 0 Å². The molecule has 1 aromatic carbocycles. The molecular weight excluding hydrogens is 287 g/mol. The number of aromatic nitrogens is 1. The van der Waals surface area contributed by atoms with Crippen molar-refractivity contribution in [1.29, 1.82) is 0 Å². The zero-order chi connectivity index (χ0) is 15.6. The largest absolute Gasteiger partial charge is 0.478 e. The van der Waals surface area contributed by atoms with Gasteiger partial charge in [-0.05, 0) is 24.6 Å². The predicted molar refractivity (Wildman–Crippen MR) is 67.5 cm³/mol. The first-order valence-corrected chi connectivity index (χ1v) is 5.84. The van der Waals surface area contributed by atoms with E-state index in [0.29, 0.717) is 5.56 Å². The summed E-state index contributed by atoms with van der Waals surface area (Å²) in [7, 11) is 0. The van der Waals surface area contributed by atoms with Gasteiger partial charge in [-0.15, -0.1) is 0 Å². The fourth-order valence-electron chi connectivity index (χ4n) is 1.69. The van der Waals surface area contributed by atoms with Crippen LogP contribution in [0.4, 0.5) is 13.2 Å². The van der Waals surface area contributed by atoms with Gasteiger partial charge in [-0.3, -0.25) is 0 Å². The highest BCUT2D eigenvalue weighted by atomic mass is 19.4. The maximum atomic E-state index is 12.6. The van der Waals surface area contributed by atoms with E-state index in [0.717, 1.165) is 12.1 Å². The van der Waals surface area contributed by atoms with Crippen molar-refractivity contribution in [3.63, 3.8) is 0 Å². The summed E-state index contributed by atoms with van der Waals surface area (Å²) in [6.45, 7) is 1.59. The molecule has 0 fully saturated rings. The molecule has 0 aliphatic carbocycles. The Kier molecular flexibility index (Phi) is 3.84. The highest BCUT2D eigenvalue weighted by Gasteiger charge is 2.32. The van der Waals surface area contributed by atoms with Crippen LogP contribution in [0, 0.1) is 6.92 Å². The van der Waals surface area contributed by atoms with E-state index in [-0.39, 0.29) is 17.2 Å². The molecule has 0 bridgehead atoms. The van der Waals surface area contributed by atoms with Gasteiger partial charge in [0.05, 0.1) is 0 Å². The highest BCUT2D eigenvalue weighted by Crippen LogP contribution is 2.32. The number of rotatable bonds is 3. The summed E-state index contributed by atoms with van der Waals surface area (Å²) in [5.41, 5.74) is -0.770. The quantitative estimate of drug-likeness (QED) is 0.933. The molecule has 0 saturated heterocycles. The van der Waals surface area contributed by atoms with Gasteiger partial charge in [-0.25, -0.2) is 9.78 Å². The number of hydrogen-bond acceptors (Lipinski definition) is 3. The molecule has 0 unspecified atom stereocenters. The van der Waals surface area contributed by atoms with Crippen LogP contribution in [0.1, 0.15) is 21.6 Å². The van der Waals surface area contributed by atoms with Crippen LogP contribution in [-0.4, -0.2) is 16.1 Å². The molecule has 0 spiro atoms. The molecule has 0 aliphatic heterocycles. The number of hydrogen-bond donors (Lipinski definition) is 1. The number of carboxylic acids is 1. The van der Waals surface area contributed by atoms with E-state index in [1.165, 1.54) is 18.2 Å². The number of alkyl halides is 3. The maximum absolute atomic E-state index is 12.6. The fraction of sp³-hybridized carbons (Fsp3) is 0.143. The van der Waals surface area contributed by atoms with E-state index >= 15 is 0 Å². The molecule has 2 rings (SSSR count). The number of carbonyl (C=O) groups is 1. The van der Waals surface area contributed by atoms with Gasteiger partial charge in [0.2, 0.25) is 5.88 Å². The summed E-state index contributed by atoms with van der Waals surface area (Å²) in [6.07, 6.45) is -4.60. The SMILES string of the molecule is Cc1cccc(C(=O)O)c1Oc1cccc(C(F)(F)F)n1. The summed E-state index contributed by atoms with van der Waals surface area (Å²) in [6, 6.07) is 7.60. The molecule has 0 saturated carbocycles. The molecule has 2 aromatic rings. The lowest BCUT2D eigenvalue weighted by Crippen LogP contribution is -2.08. The van der Waals surface area contributed by atoms with Gasteiger partial charge in [0.1, 0.15) is 17.0 Å². The van der Waals surface area contributed by atoms with Crippen molar-refractivity contribution < 1.29 is 27.8 Å². The minimum atomic E-state index is -4.60. The van der Waals surface area contributed by atoms with Crippen LogP contribution < -0.4 is 4.74 Å². The first-order chi connectivity index (χ1) is 9.79. The second kappa shape index (κ2) is 5.43. The van der Waals surface area contributed by atoms with Crippen molar-refractivity contribution in [3.05, 3.63) is 53.2 Å². The molecule has 1 heterocycles. The average molecular weight is 297 g/mol. The Hall–Kier alpha value is -2.57. The topological polar surface area (TPSA) is 59.4 Å². The lowest BCUT2D eigenvalue weighted by Gasteiger charge is -2.12. The van der Waals surface area contributed by atoms with Gasteiger partial charge in [0.15, 0.2) is 0 Å². The number of aryl methyl sites for hydroxylation is 1. The van der Waals surface area contributed by atoms with E-state index in [1.54, 1.807) is 13.0 Å². The molecular formula is C14H10F3NO3. The van der Waals surface area contributed by atoms with Crippen molar-refractivity contribution in [1.82, 2.24) is 4.98 Å². The third-order valence-electron chi connectivity index (χ3n) is 2.66. The van der Waals surface area contributed by atoms with Crippen LogP contribution in [0.3, 0.4) is 0 Å². The van der Waals surface area contributed by atoms with Gasteiger partial charge >= 0.3 is 12.1 Å². The Morgan fingerprint density at radius 1 is 1.19 bits per heavy atom. The van der Waals surface area contributed by atoms with Crippen LogP contribution >= 0.6 is 0 Å². The van der Waals surface area contributed by atoms with Crippen LogP contribution in [0.2, 0.25) is 0 Å². The number of benzene rings is 1. The van der Waals surface area contributed by atoms with Crippen molar-refractivity contribution in [2.24, 2.45) is 0 Å². The second-order valence-electron chi connectivity index (χ2n) is 4.22. The normalized spacial score (nSPS) is 11.2. The predicted octanol–water partition coefficient (Wildman–Crippen LogP) is 3.90. The molecule has 0 amide bonds. The van der Waals surface area contributed by atoms with Crippen molar-refractivity contribution in [2.75, 3.05) is 0 Å². The number of ether oxygens (including phenoxy) is 1. The number of para-hydroxylation sites is 1. The molecule has 21 heavy (non-hydrogen) atoms. The van der Waals surface area contributed by atoms with Crippen molar-refractivity contribution >= 4 is 5.97 Å². The Bertz CT molecular complexity index is 683. The zero-order valence-corrected chi connectivity index (χ0v) is 10.8. The molecule has 1 aromatic heterocycles. The molecule has 0 radical (unpaired) electrons. The molecule has 110 valence electrons. The number of aromatic carboxylic acids is 1. The summed E-state index contributed by atoms with van der Waals surface area (Å²) in [5.74, 6) is -1.58. The molecule has 0 atom stereocenters. The van der Waals surface area contributed by atoms with Gasteiger partial charge < -0.3 is 9.84 Å². The van der Waals surface area contributed by atoms with Crippen LogP contribution in [0.25, 0.3) is 0 Å². The number of nitrogens with zero attached hydrogens (tertiary/aromatic N) is 1. The summed E-state index contributed by atoms with van der Waals surface area (Å²) < 4.78 is 43.0. The Balaban J connectivity index is 2.42. The third-order valence-corrected chi connectivity index (χ3v) is 2.66. The number of pyridine rings is 1. The van der Waals surface area contributed by atoms with Crippen molar-refractivity contribution in [2.45, 2.75) is 13.1 Å². The van der Waals surface area contributed by atoms with E-state index in [9.17, 15) is 18.0 Å². The highest BCUT2D eigenvalue weighted by molar-refractivity contribution is 5.91. The van der Waals surface area contributed by atoms with Gasteiger partial charge in [0, 0.05) is 6.07 Å². The third kappa shape index (κ3) is 3.31. The summed E-state index contributed by atoms with van der Waals surface area (Å²) in [4.78, 5) is 14.5. The lowest BCUT2D eigenvalue weighted by atomic mass is 10.1. The monoisotopic (exact) mass is 297 g/mol. The Morgan fingerprint density at radius 3 is 2.48 bits per heavy atom. The molecule has 4 nitrogen and oxygen atoms in total. The average Bonchev–Trinajstić information content (AvgIpc) is 2.40. The van der Waals surface area contributed by atoms with Crippen LogP contribution in [0.5, 0.6) is 11.6 Å². The summed E-state index contributed by atoms with van der Waals surface area (Å²) in [5, 5.41) is 9.07. The lowest BCUT2D eigenvalue weighted by molar-refractivity contribution is -0.141. The minimum Gasteiger partial charge on any atom is -0.478 e. The molecule has 1 N–H and O–H groups in total. The smallest absolute Gasteiger partial charge is 0.433 e.